The normalized spacial score (nSPS) is 11.7. The number of aryl methyl sites for hydroxylation is 1. The largest absolute Gasteiger partial charge is 0.494 e. The summed E-state index contributed by atoms with van der Waals surface area (Å²) < 4.78 is 9.26. The Morgan fingerprint density at radius 1 is 1.09 bits per heavy atom. The summed E-state index contributed by atoms with van der Waals surface area (Å²) in [6.07, 6.45) is 9.47. The number of imidazole rings is 1. The van der Waals surface area contributed by atoms with Gasteiger partial charge in [0.25, 0.3) is 0 Å². The van der Waals surface area contributed by atoms with Gasteiger partial charge in [-0.2, -0.15) is 5.10 Å². The molecule has 0 aliphatic heterocycles. The fourth-order valence-electron chi connectivity index (χ4n) is 3.81. The monoisotopic (exact) mass is 473 g/mol. The van der Waals surface area contributed by atoms with E-state index in [1.807, 2.05) is 78.0 Å². The Hall–Kier alpha value is -4.14. The molecule has 0 saturated carbocycles. The second-order valence-electron chi connectivity index (χ2n) is 8.26. The average molecular weight is 474 g/mol. The molecule has 0 aliphatic rings. The summed E-state index contributed by atoms with van der Waals surface area (Å²) in [5, 5.41) is 7.31. The van der Waals surface area contributed by atoms with E-state index < -0.39 is 0 Å². The molecule has 0 radical (unpaired) electrons. The summed E-state index contributed by atoms with van der Waals surface area (Å²) in [6, 6.07) is 15.6. The SMILES string of the molecule is CCOc1ccc(CN(CCCn2ccnc2)C(=O)NC(C)c2ccc(-n3cncn3)cc2)cc1. The van der Waals surface area contributed by atoms with E-state index in [0.717, 1.165) is 35.5 Å². The van der Waals surface area contributed by atoms with Crippen LogP contribution in [0.5, 0.6) is 5.75 Å². The van der Waals surface area contributed by atoms with Crippen LogP contribution in [0.15, 0.2) is 79.9 Å². The minimum atomic E-state index is -0.149. The molecule has 2 heterocycles. The van der Waals surface area contributed by atoms with Crippen LogP contribution in [-0.4, -0.2) is 48.4 Å². The fourth-order valence-corrected chi connectivity index (χ4v) is 3.81. The fraction of sp³-hybridized carbons (Fsp3) is 0.308. The van der Waals surface area contributed by atoms with E-state index in [-0.39, 0.29) is 12.1 Å². The van der Waals surface area contributed by atoms with Crippen molar-refractivity contribution in [2.45, 2.75) is 39.4 Å². The van der Waals surface area contributed by atoms with Crippen LogP contribution in [0.1, 0.15) is 37.4 Å². The first-order chi connectivity index (χ1) is 17.1. The smallest absolute Gasteiger partial charge is 0.318 e. The molecule has 2 amide bonds. The minimum absolute atomic E-state index is 0.0997. The minimum Gasteiger partial charge on any atom is -0.494 e. The summed E-state index contributed by atoms with van der Waals surface area (Å²) in [4.78, 5) is 23.2. The quantitative estimate of drug-likeness (QED) is 0.352. The van der Waals surface area contributed by atoms with Gasteiger partial charge < -0.3 is 19.5 Å². The highest BCUT2D eigenvalue weighted by molar-refractivity contribution is 5.74. The predicted octanol–water partition coefficient (Wildman–Crippen LogP) is 4.23. The van der Waals surface area contributed by atoms with Gasteiger partial charge in [0.15, 0.2) is 0 Å². The summed E-state index contributed by atoms with van der Waals surface area (Å²) >= 11 is 0. The molecule has 1 N–H and O–H groups in total. The lowest BCUT2D eigenvalue weighted by atomic mass is 10.1. The van der Waals surface area contributed by atoms with Crippen LogP contribution in [0.25, 0.3) is 5.69 Å². The zero-order chi connectivity index (χ0) is 24.5. The van der Waals surface area contributed by atoms with E-state index in [9.17, 15) is 4.79 Å². The molecule has 35 heavy (non-hydrogen) atoms. The molecule has 4 aromatic rings. The molecule has 182 valence electrons. The number of urea groups is 1. The first-order valence-electron chi connectivity index (χ1n) is 11.8. The summed E-state index contributed by atoms with van der Waals surface area (Å²) in [7, 11) is 0. The molecule has 0 bridgehead atoms. The van der Waals surface area contributed by atoms with Gasteiger partial charge in [0, 0.05) is 32.0 Å². The number of nitrogens with one attached hydrogen (secondary N) is 1. The second-order valence-corrected chi connectivity index (χ2v) is 8.26. The summed E-state index contributed by atoms with van der Waals surface area (Å²) in [5.74, 6) is 0.829. The van der Waals surface area contributed by atoms with Gasteiger partial charge in [-0.3, -0.25) is 0 Å². The average Bonchev–Trinajstić information content (AvgIpc) is 3.60. The summed E-state index contributed by atoms with van der Waals surface area (Å²) in [5.41, 5.74) is 2.99. The van der Waals surface area contributed by atoms with Crippen LogP contribution in [-0.2, 0) is 13.1 Å². The Morgan fingerprint density at radius 3 is 2.54 bits per heavy atom. The number of rotatable bonds is 11. The third-order valence-corrected chi connectivity index (χ3v) is 5.71. The number of aromatic nitrogens is 5. The highest BCUT2D eigenvalue weighted by atomic mass is 16.5. The van der Waals surface area contributed by atoms with E-state index in [1.165, 1.54) is 6.33 Å². The van der Waals surface area contributed by atoms with Crippen molar-refractivity contribution in [1.29, 1.82) is 0 Å². The predicted molar refractivity (Wildman–Crippen MR) is 133 cm³/mol. The third kappa shape index (κ3) is 6.69. The number of benzene rings is 2. The lowest BCUT2D eigenvalue weighted by Gasteiger charge is -2.26. The van der Waals surface area contributed by atoms with E-state index >= 15 is 0 Å². The first-order valence-corrected chi connectivity index (χ1v) is 11.8. The molecule has 0 saturated heterocycles. The zero-order valence-corrected chi connectivity index (χ0v) is 20.1. The van der Waals surface area contributed by atoms with Gasteiger partial charge in [-0.25, -0.2) is 19.4 Å². The molecule has 2 aromatic carbocycles. The Bertz CT molecular complexity index is 1160. The van der Waals surface area contributed by atoms with Crippen molar-refractivity contribution in [2.24, 2.45) is 0 Å². The highest BCUT2D eigenvalue weighted by Crippen LogP contribution is 2.17. The zero-order valence-electron chi connectivity index (χ0n) is 20.1. The molecular formula is C26H31N7O2. The summed E-state index contributed by atoms with van der Waals surface area (Å²) in [6.45, 7) is 6.51. The van der Waals surface area contributed by atoms with E-state index in [2.05, 4.69) is 20.4 Å². The molecule has 9 nitrogen and oxygen atoms in total. The molecule has 4 rings (SSSR count). The second kappa shape index (κ2) is 11.8. The number of amides is 2. The van der Waals surface area contributed by atoms with Crippen LogP contribution >= 0.6 is 0 Å². The van der Waals surface area contributed by atoms with Crippen LogP contribution < -0.4 is 10.1 Å². The van der Waals surface area contributed by atoms with Crippen molar-refractivity contribution in [2.75, 3.05) is 13.2 Å². The number of carbonyl (C=O) groups excluding carboxylic acids is 1. The van der Waals surface area contributed by atoms with Crippen molar-refractivity contribution in [3.8, 4) is 11.4 Å². The third-order valence-electron chi connectivity index (χ3n) is 5.71. The maximum atomic E-state index is 13.3. The number of carbonyl (C=O) groups is 1. The van der Waals surface area contributed by atoms with E-state index in [1.54, 1.807) is 23.5 Å². The van der Waals surface area contributed by atoms with E-state index in [0.29, 0.717) is 19.7 Å². The molecule has 0 spiro atoms. The van der Waals surface area contributed by atoms with Crippen molar-refractivity contribution in [1.82, 2.24) is 34.5 Å². The lowest BCUT2D eigenvalue weighted by Crippen LogP contribution is -2.41. The maximum absolute atomic E-state index is 13.3. The van der Waals surface area contributed by atoms with Crippen molar-refractivity contribution in [3.05, 3.63) is 91.0 Å². The number of hydrogen-bond donors (Lipinski definition) is 1. The topological polar surface area (TPSA) is 90.1 Å². The van der Waals surface area contributed by atoms with Crippen molar-refractivity contribution < 1.29 is 9.53 Å². The van der Waals surface area contributed by atoms with E-state index in [4.69, 9.17) is 4.74 Å². The highest BCUT2D eigenvalue weighted by Gasteiger charge is 2.17. The van der Waals surface area contributed by atoms with Gasteiger partial charge in [0.05, 0.1) is 24.7 Å². The molecule has 2 aromatic heterocycles. The van der Waals surface area contributed by atoms with Gasteiger partial charge >= 0.3 is 6.03 Å². The van der Waals surface area contributed by atoms with Crippen LogP contribution in [0.2, 0.25) is 0 Å². The van der Waals surface area contributed by atoms with Gasteiger partial charge in [-0.05, 0) is 55.7 Å². The molecule has 0 fully saturated rings. The van der Waals surface area contributed by atoms with Crippen LogP contribution in [0.4, 0.5) is 4.79 Å². The van der Waals surface area contributed by atoms with Gasteiger partial charge in [0.1, 0.15) is 18.4 Å². The van der Waals surface area contributed by atoms with Gasteiger partial charge in [0.2, 0.25) is 0 Å². The van der Waals surface area contributed by atoms with Crippen molar-refractivity contribution >= 4 is 6.03 Å². The van der Waals surface area contributed by atoms with Crippen molar-refractivity contribution in [3.63, 3.8) is 0 Å². The molecule has 9 heteroatoms. The molecule has 1 unspecified atom stereocenters. The maximum Gasteiger partial charge on any atom is 0.318 e. The number of ether oxygens (including phenoxy) is 1. The Kier molecular flexibility index (Phi) is 8.11. The molecular weight excluding hydrogens is 442 g/mol. The van der Waals surface area contributed by atoms with Gasteiger partial charge in [-0.15, -0.1) is 0 Å². The Balaban J connectivity index is 1.40. The molecule has 0 aliphatic carbocycles. The Morgan fingerprint density at radius 2 is 1.89 bits per heavy atom. The first kappa shape index (κ1) is 24.0. The molecule has 1 atom stereocenters. The van der Waals surface area contributed by atoms with Crippen LogP contribution in [0, 0.1) is 0 Å². The van der Waals surface area contributed by atoms with Crippen LogP contribution in [0.3, 0.4) is 0 Å². The Labute approximate surface area is 205 Å². The number of hydrogen-bond acceptors (Lipinski definition) is 5. The van der Waals surface area contributed by atoms with Gasteiger partial charge in [-0.1, -0.05) is 24.3 Å². The lowest BCUT2D eigenvalue weighted by molar-refractivity contribution is 0.190. The standard InChI is InChI=1S/C26H31N7O2/c1-3-35-25-11-5-22(6-12-25)17-32(15-4-14-31-16-13-27-19-31)26(34)30-21(2)23-7-9-24(10-8-23)33-20-28-18-29-33/h5-13,16,18-21H,3-4,14-15,17H2,1-2H3,(H,30,34). The number of nitrogens with zero attached hydrogens (tertiary/aromatic N) is 6.